The standard InChI is InChI=1S/C43H43NO6/c1-27-6-10-30(11-7-27)38-25-31-23-28(2)8-16-36(31)42(38)50-34-14-12-33(13-15-34)49-22-21-48-20-4-3-5-29-9-17-35-32(24-29)26-39(41(35)46)37-18-19-40(45)44-43(37)47/h6-17,23-24,37,39H,3-5,18-22,25-26H2,1-2H3,(H,44,45,47). The average Bonchev–Trinajstić information content (AvgIpc) is 3.63. The second kappa shape index (κ2) is 14.9. The number of piperidine rings is 1. The first-order chi connectivity index (χ1) is 24.3. The van der Waals surface area contributed by atoms with E-state index in [9.17, 15) is 14.4 Å². The largest absolute Gasteiger partial charge is 0.491 e. The number of ketones is 1. The lowest BCUT2D eigenvalue weighted by Crippen LogP contribution is -2.44. The number of allylic oxidation sites excluding steroid dienone is 1. The van der Waals surface area contributed by atoms with Gasteiger partial charge < -0.3 is 14.2 Å². The lowest BCUT2D eigenvalue weighted by atomic mass is 9.83. The predicted molar refractivity (Wildman–Crippen MR) is 193 cm³/mol. The minimum Gasteiger partial charge on any atom is -0.491 e. The van der Waals surface area contributed by atoms with Gasteiger partial charge in [-0.25, -0.2) is 0 Å². The second-order valence-electron chi connectivity index (χ2n) is 13.7. The van der Waals surface area contributed by atoms with Crippen molar-refractivity contribution in [2.24, 2.45) is 11.8 Å². The summed E-state index contributed by atoms with van der Waals surface area (Å²) < 4.78 is 18.3. The van der Waals surface area contributed by atoms with Crippen molar-refractivity contribution in [3.63, 3.8) is 0 Å². The molecule has 3 aliphatic rings. The van der Waals surface area contributed by atoms with Crippen LogP contribution in [0, 0.1) is 25.7 Å². The molecule has 0 spiro atoms. The Kier molecular flexibility index (Phi) is 9.95. The molecular weight excluding hydrogens is 626 g/mol. The number of ether oxygens (including phenoxy) is 3. The molecule has 2 unspecified atom stereocenters. The molecule has 1 aliphatic heterocycles. The zero-order chi connectivity index (χ0) is 34.6. The van der Waals surface area contributed by atoms with E-state index in [1.54, 1.807) is 0 Å². The Morgan fingerprint density at radius 1 is 0.720 bits per heavy atom. The molecule has 2 atom stereocenters. The molecule has 1 N–H and O–H groups in total. The van der Waals surface area contributed by atoms with E-state index in [1.807, 2.05) is 36.4 Å². The lowest BCUT2D eigenvalue weighted by molar-refractivity contribution is -0.137. The number of carbonyl (C=O) groups excluding carboxylic acids is 3. The summed E-state index contributed by atoms with van der Waals surface area (Å²) in [6.07, 6.45) is 4.94. The number of aryl methyl sites for hydroxylation is 3. The van der Waals surface area contributed by atoms with Crippen LogP contribution in [0.3, 0.4) is 0 Å². The number of imide groups is 1. The van der Waals surface area contributed by atoms with E-state index in [0.717, 1.165) is 54.1 Å². The molecule has 0 radical (unpaired) electrons. The van der Waals surface area contributed by atoms with Crippen LogP contribution in [0.4, 0.5) is 0 Å². The summed E-state index contributed by atoms with van der Waals surface area (Å²) in [5.74, 6) is 1.12. The van der Waals surface area contributed by atoms with Crippen LogP contribution in [0.1, 0.15) is 75.0 Å². The van der Waals surface area contributed by atoms with Gasteiger partial charge in [0.15, 0.2) is 5.78 Å². The molecule has 1 saturated heterocycles. The molecule has 256 valence electrons. The van der Waals surface area contributed by atoms with E-state index in [4.69, 9.17) is 14.2 Å². The number of carbonyl (C=O) groups is 3. The maximum Gasteiger partial charge on any atom is 0.230 e. The van der Waals surface area contributed by atoms with Gasteiger partial charge in [0.05, 0.1) is 6.61 Å². The third-order valence-electron chi connectivity index (χ3n) is 10.1. The summed E-state index contributed by atoms with van der Waals surface area (Å²) in [6.45, 7) is 5.84. The van der Waals surface area contributed by atoms with E-state index in [0.29, 0.717) is 44.6 Å². The van der Waals surface area contributed by atoms with Crippen molar-refractivity contribution in [2.75, 3.05) is 19.8 Å². The van der Waals surface area contributed by atoms with E-state index in [-0.39, 0.29) is 23.5 Å². The van der Waals surface area contributed by atoms with Crippen molar-refractivity contribution in [1.29, 1.82) is 0 Å². The molecule has 1 fully saturated rings. The van der Waals surface area contributed by atoms with Crippen LogP contribution in [0.5, 0.6) is 11.5 Å². The predicted octanol–water partition coefficient (Wildman–Crippen LogP) is 7.63. The van der Waals surface area contributed by atoms with Crippen molar-refractivity contribution < 1.29 is 28.6 Å². The first-order valence-corrected chi connectivity index (χ1v) is 17.7. The fourth-order valence-corrected chi connectivity index (χ4v) is 7.36. The summed E-state index contributed by atoms with van der Waals surface area (Å²) in [6, 6.07) is 29.0. The van der Waals surface area contributed by atoms with Crippen molar-refractivity contribution in [3.05, 3.63) is 129 Å². The zero-order valence-electron chi connectivity index (χ0n) is 28.8. The molecule has 1 heterocycles. The summed E-state index contributed by atoms with van der Waals surface area (Å²) in [7, 11) is 0. The van der Waals surface area contributed by atoms with Gasteiger partial charge in [0.2, 0.25) is 11.8 Å². The lowest BCUT2D eigenvalue weighted by Gasteiger charge is -2.24. The Labute approximate surface area is 293 Å². The van der Waals surface area contributed by atoms with E-state index >= 15 is 0 Å². The number of unbranched alkanes of at least 4 members (excludes halogenated alkanes) is 1. The normalized spacial score (nSPS) is 18.2. The highest BCUT2D eigenvalue weighted by Crippen LogP contribution is 2.40. The maximum atomic E-state index is 13.0. The smallest absolute Gasteiger partial charge is 0.230 e. The number of nitrogens with one attached hydrogen (secondary N) is 1. The fraction of sp³-hybridized carbons (Fsp3) is 0.326. The van der Waals surface area contributed by atoms with Gasteiger partial charge in [0, 0.05) is 48.0 Å². The highest BCUT2D eigenvalue weighted by molar-refractivity contribution is 6.07. The van der Waals surface area contributed by atoms with E-state index in [1.165, 1.54) is 33.4 Å². The van der Waals surface area contributed by atoms with Crippen LogP contribution < -0.4 is 14.8 Å². The SMILES string of the molecule is Cc1ccc(C2=C(Oc3ccc(OCCOCCCCc4ccc5c(c4)CC(C4CCC(=O)NC4=O)C5=O)cc3)c3ccc(C)cc3C2)cc1. The van der Waals surface area contributed by atoms with Gasteiger partial charge in [-0.05, 0) is 92.5 Å². The van der Waals surface area contributed by atoms with Gasteiger partial charge in [0.1, 0.15) is 23.9 Å². The van der Waals surface area contributed by atoms with Gasteiger partial charge in [0.25, 0.3) is 0 Å². The van der Waals surface area contributed by atoms with Gasteiger partial charge in [-0.2, -0.15) is 0 Å². The summed E-state index contributed by atoms with van der Waals surface area (Å²) in [5, 5.41) is 2.39. The fourth-order valence-electron chi connectivity index (χ4n) is 7.36. The first kappa shape index (κ1) is 33.5. The number of rotatable bonds is 13. The Morgan fingerprint density at radius 2 is 1.48 bits per heavy atom. The molecule has 2 aliphatic carbocycles. The molecule has 4 aromatic rings. The number of Topliss-reactive ketones (excluding diaryl/α,β-unsaturated/α-hetero) is 1. The molecule has 0 saturated carbocycles. The monoisotopic (exact) mass is 669 g/mol. The second-order valence-corrected chi connectivity index (χ2v) is 13.7. The summed E-state index contributed by atoms with van der Waals surface area (Å²) in [4.78, 5) is 36.9. The summed E-state index contributed by atoms with van der Waals surface area (Å²) >= 11 is 0. The Bertz CT molecular complexity index is 1940. The minimum atomic E-state index is -0.425. The van der Waals surface area contributed by atoms with Gasteiger partial charge in [-0.3, -0.25) is 19.7 Å². The Balaban J connectivity index is 0.836. The van der Waals surface area contributed by atoms with Crippen LogP contribution in [-0.4, -0.2) is 37.4 Å². The molecule has 7 heteroatoms. The molecule has 7 rings (SSSR count). The van der Waals surface area contributed by atoms with Crippen LogP contribution in [0.2, 0.25) is 0 Å². The Morgan fingerprint density at radius 3 is 2.28 bits per heavy atom. The number of hydrogen-bond acceptors (Lipinski definition) is 6. The molecule has 50 heavy (non-hydrogen) atoms. The van der Waals surface area contributed by atoms with E-state index < -0.39 is 5.92 Å². The number of benzene rings is 4. The van der Waals surface area contributed by atoms with Crippen LogP contribution >= 0.6 is 0 Å². The summed E-state index contributed by atoms with van der Waals surface area (Å²) in [5.41, 5.74) is 10.2. The average molecular weight is 670 g/mol. The van der Waals surface area contributed by atoms with Crippen LogP contribution in [0.15, 0.2) is 84.9 Å². The van der Waals surface area contributed by atoms with Crippen molar-refractivity contribution >= 4 is 28.9 Å². The number of amides is 2. The third-order valence-corrected chi connectivity index (χ3v) is 10.1. The maximum absolute atomic E-state index is 13.0. The van der Waals surface area contributed by atoms with Gasteiger partial charge >= 0.3 is 0 Å². The van der Waals surface area contributed by atoms with Crippen LogP contribution in [-0.2, 0) is 33.6 Å². The van der Waals surface area contributed by atoms with Crippen molar-refractivity contribution in [3.8, 4) is 11.5 Å². The third kappa shape index (κ3) is 7.43. The quantitative estimate of drug-likeness (QED) is 0.116. The highest BCUT2D eigenvalue weighted by atomic mass is 16.5. The molecule has 7 nitrogen and oxygen atoms in total. The van der Waals surface area contributed by atoms with Crippen LogP contribution in [0.25, 0.3) is 11.3 Å². The van der Waals surface area contributed by atoms with Crippen molar-refractivity contribution in [2.45, 2.75) is 58.8 Å². The Hall–Kier alpha value is -5.01. The molecular formula is C43H43NO6. The molecule has 0 bridgehead atoms. The molecule has 4 aromatic carbocycles. The first-order valence-electron chi connectivity index (χ1n) is 17.7. The topological polar surface area (TPSA) is 90.9 Å². The van der Waals surface area contributed by atoms with E-state index in [2.05, 4.69) is 67.7 Å². The minimum absolute atomic E-state index is 0.0244. The highest BCUT2D eigenvalue weighted by Gasteiger charge is 2.41. The van der Waals surface area contributed by atoms with Gasteiger partial charge in [-0.1, -0.05) is 71.8 Å². The molecule has 0 aromatic heterocycles. The number of fused-ring (bicyclic) bond motifs is 2. The molecule has 2 amide bonds. The van der Waals surface area contributed by atoms with Gasteiger partial charge in [-0.15, -0.1) is 0 Å². The number of hydrogen-bond donors (Lipinski definition) is 1. The van der Waals surface area contributed by atoms with Crippen molar-refractivity contribution in [1.82, 2.24) is 5.32 Å². The zero-order valence-corrected chi connectivity index (χ0v) is 28.8.